The summed E-state index contributed by atoms with van der Waals surface area (Å²) in [5.74, 6) is 0.554. The van der Waals surface area contributed by atoms with E-state index >= 15 is 0 Å². The molecule has 3 heteroatoms. The molecule has 0 aromatic heterocycles. The first kappa shape index (κ1) is 16.0. The molecule has 1 aromatic carbocycles. The molecule has 0 spiro atoms. The molecule has 0 aliphatic carbocycles. The molecular weight excluding hydrogens is 260 g/mol. The van der Waals surface area contributed by atoms with Gasteiger partial charge in [0.2, 0.25) is 5.91 Å². The monoisotopic (exact) mass is 288 g/mol. The Morgan fingerprint density at radius 2 is 2.00 bits per heavy atom. The molecular formula is C18H28N2O. The third-order valence-corrected chi connectivity index (χ3v) is 4.89. The summed E-state index contributed by atoms with van der Waals surface area (Å²) in [4.78, 5) is 14.8. The molecule has 2 N–H and O–H groups in total. The summed E-state index contributed by atoms with van der Waals surface area (Å²) in [5, 5.41) is 0. The van der Waals surface area contributed by atoms with Gasteiger partial charge >= 0.3 is 0 Å². The first-order valence-corrected chi connectivity index (χ1v) is 8.17. The zero-order valence-corrected chi connectivity index (χ0v) is 13.5. The van der Waals surface area contributed by atoms with Crippen molar-refractivity contribution in [3.8, 4) is 0 Å². The molecule has 1 amide bonds. The van der Waals surface area contributed by atoms with E-state index in [-0.39, 0.29) is 17.9 Å². The number of amides is 1. The Bertz CT molecular complexity index is 458. The Labute approximate surface area is 128 Å². The number of hydrogen-bond acceptors (Lipinski definition) is 2. The van der Waals surface area contributed by atoms with Crippen molar-refractivity contribution < 1.29 is 4.79 Å². The van der Waals surface area contributed by atoms with Gasteiger partial charge in [0, 0.05) is 24.5 Å². The standard InChI is InChI=1S/C18H28N2O/c1-4-16(15-9-6-5-7-10-15)17-11-8-12-20(17)18(21)13(2)14(3)19/h5-7,9-10,13-14,16-17H,4,8,11-12,19H2,1-3H3. The fourth-order valence-electron chi connectivity index (χ4n) is 3.40. The molecule has 1 saturated heterocycles. The number of likely N-dealkylation sites (tertiary alicyclic amines) is 1. The third kappa shape index (κ3) is 3.46. The van der Waals surface area contributed by atoms with Gasteiger partial charge in [0.05, 0.1) is 5.92 Å². The lowest BCUT2D eigenvalue weighted by molar-refractivity contribution is -0.136. The molecule has 2 rings (SSSR count). The summed E-state index contributed by atoms with van der Waals surface area (Å²) in [6, 6.07) is 10.8. The van der Waals surface area contributed by atoms with Crippen LogP contribution in [0.2, 0.25) is 0 Å². The van der Waals surface area contributed by atoms with Crippen LogP contribution >= 0.6 is 0 Å². The van der Waals surface area contributed by atoms with Crippen LogP contribution in [0.4, 0.5) is 0 Å². The van der Waals surface area contributed by atoms with Crippen molar-refractivity contribution in [1.29, 1.82) is 0 Å². The van der Waals surface area contributed by atoms with E-state index in [4.69, 9.17) is 5.73 Å². The van der Waals surface area contributed by atoms with Gasteiger partial charge in [-0.3, -0.25) is 4.79 Å². The second kappa shape index (κ2) is 7.08. The quantitative estimate of drug-likeness (QED) is 0.904. The molecule has 1 fully saturated rings. The van der Waals surface area contributed by atoms with Crippen LogP contribution in [0.3, 0.4) is 0 Å². The van der Waals surface area contributed by atoms with E-state index in [0.29, 0.717) is 12.0 Å². The van der Waals surface area contributed by atoms with E-state index in [2.05, 4.69) is 36.1 Å². The Morgan fingerprint density at radius 1 is 1.33 bits per heavy atom. The smallest absolute Gasteiger partial charge is 0.227 e. The fraction of sp³-hybridized carbons (Fsp3) is 0.611. The van der Waals surface area contributed by atoms with Crippen LogP contribution in [0, 0.1) is 5.92 Å². The van der Waals surface area contributed by atoms with E-state index in [1.54, 1.807) is 0 Å². The zero-order chi connectivity index (χ0) is 15.4. The second-order valence-electron chi connectivity index (χ2n) is 6.31. The molecule has 1 aliphatic rings. The summed E-state index contributed by atoms with van der Waals surface area (Å²) in [7, 11) is 0. The summed E-state index contributed by atoms with van der Waals surface area (Å²) in [6.45, 7) is 6.96. The lowest BCUT2D eigenvalue weighted by Gasteiger charge is -2.34. The zero-order valence-electron chi connectivity index (χ0n) is 13.5. The van der Waals surface area contributed by atoms with Gasteiger partial charge in [-0.2, -0.15) is 0 Å². The van der Waals surface area contributed by atoms with Crippen molar-refractivity contribution in [1.82, 2.24) is 4.90 Å². The minimum absolute atomic E-state index is 0.0875. The minimum Gasteiger partial charge on any atom is -0.339 e. The second-order valence-corrected chi connectivity index (χ2v) is 6.31. The van der Waals surface area contributed by atoms with Crippen molar-refractivity contribution in [3.63, 3.8) is 0 Å². The first-order valence-electron chi connectivity index (χ1n) is 8.17. The Balaban J connectivity index is 2.19. The summed E-state index contributed by atoms with van der Waals surface area (Å²) < 4.78 is 0. The van der Waals surface area contributed by atoms with Crippen LogP contribution < -0.4 is 5.73 Å². The van der Waals surface area contributed by atoms with Crippen molar-refractivity contribution in [2.24, 2.45) is 11.7 Å². The Hall–Kier alpha value is -1.35. The number of benzene rings is 1. The maximum atomic E-state index is 12.7. The molecule has 4 atom stereocenters. The average molecular weight is 288 g/mol. The van der Waals surface area contributed by atoms with Crippen molar-refractivity contribution in [3.05, 3.63) is 35.9 Å². The van der Waals surface area contributed by atoms with Gasteiger partial charge < -0.3 is 10.6 Å². The first-order chi connectivity index (χ1) is 10.1. The predicted octanol–water partition coefficient (Wildman–Crippen LogP) is 3.15. The number of nitrogens with two attached hydrogens (primary N) is 1. The highest BCUT2D eigenvalue weighted by atomic mass is 16.2. The van der Waals surface area contributed by atoms with Gasteiger partial charge in [-0.15, -0.1) is 0 Å². The number of carbonyl (C=O) groups is 1. The highest BCUT2D eigenvalue weighted by molar-refractivity contribution is 5.80. The highest BCUT2D eigenvalue weighted by Crippen LogP contribution is 2.34. The van der Waals surface area contributed by atoms with Gasteiger partial charge in [0.15, 0.2) is 0 Å². The third-order valence-electron chi connectivity index (χ3n) is 4.89. The van der Waals surface area contributed by atoms with Crippen molar-refractivity contribution in [2.45, 2.75) is 58.0 Å². The van der Waals surface area contributed by atoms with Crippen LogP contribution in [-0.4, -0.2) is 29.4 Å². The van der Waals surface area contributed by atoms with Gasteiger partial charge in [0.25, 0.3) is 0 Å². The number of rotatable bonds is 5. The lowest BCUT2D eigenvalue weighted by Crippen LogP contribution is -2.45. The van der Waals surface area contributed by atoms with Gasteiger partial charge in [-0.25, -0.2) is 0 Å². The van der Waals surface area contributed by atoms with Crippen LogP contribution in [0.25, 0.3) is 0 Å². The van der Waals surface area contributed by atoms with E-state index in [9.17, 15) is 4.79 Å². The SMILES string of the molecule is CCC(c1ccccc1)C1CCCN1C(=O)C(C)C(C)N. The highest BCUT2D eigenvalue weighted by Gasteiger charge is 2.36. The molecule has 3 nitrogen and oxygen atoms in total. The summed E-state index contributed by atoms with van der Waals surface area (Å²) in [6.07, 6.45) is 3.27. The fourth-order valence-corrected chi connectivity index (χ4v) is 3.40. The topological polar surface area (TPSA) is 46.3 Å². The normalized spacial score (nSPS) is 22.9. The Morgan fingerprint density at radius 3 is 2.57 bits per heavy atom. The van der Waals surface area contributed by atoms with Gasteiger partial charge in [-0.05, 0) is 31.7 Å². The van der Waals surface area contributed by atoms with Crippen LogP contribution in [0.1, 0.15) is 51.5 Å². The number of hydrogen-bond donors (Lipinski definition) is 1. The minimum atomic E-state index is -0.0983. The maximum Gasteiger partial charge on any atom is 0.227 e. The molecule has 116 valence electrons. The summed E-state index contributed by atoms with van der Waals surface area (Å²) >= 11 is 0. The van der Waals surface area contributed by atoms with Crippen molar-refractivity contribution in [2.75, 3.05) is 6.54 Å². The molecule has 1 aliphatic heterocycles. The lowest BCUT2D eigenvalue weighted by atomic mass is 9.87. The number of nitrogens with zero attached hydrogens (tertiary/aromatic N) is 1. The van der Waals surface area contributed by atoms with Gasteiger partial charge in [-0.1, -0.05) is 44.2 Å². The van der Waals surface area contributed by atoms with Crippen LogP contribution in [0.5, 0.6) is 0 Å². The van der Waals surface area contributed by atoms with E-state index < -0.39 is 0 Å². The predicted molar refractivity (Wildman–Crippen MR) is 87.0 cm³/mol. The Kier molecular flexibility index (Phi) is 5.40. The van der Waals surface area contributed by atoms with Crippen molar-refractivity contribution >= 4 is 5.91 Å². The summed E-state index contributed by atoms with van der Waals surface area (Å²) in [5.41, 5.74) is 7.27. The van der Waals surface area contributed by atoms with E-state index in [1.165, 1.54) is 5.56 Å². The molecule has 0 radical (unpaired) electrons. The maximum absolute atomic E-state index is 12.7. The van der Waals surface area contributed by atoms with Gasteiger partial charge in [0.1, 0.15) is 0 Å². The van der Waals surface area contributed by atoms with E-state index in [1.807, 2.05) is 19.9 Å². The van der Waals surface area contributed by atoms with Crippen LogP contribution in [-0.2, 0) is 4.79 Å². The van der Waals surface area contributed by atoms with E-state index in [0.717, 1.165) is 25.8 Å². The average Bonchev–Trinajstić information content (AvgIpc) is 2.97. The number of carbonyl (C=O) groups excluding carboxylic acids is 1. The largest absolute Gasteiger partial charge is 0.339 e. The molecule has 1 heterocycles. The molecule has 21 heavy (non-hydrogen) atoms. The molecule has 0 bridgehead atoms. The molecule has 0 saturated carbocycles. The molecule has 4 unspecified atom stereocenters. The molecule has 1 aromatic rings. The van der Waals surface area contributed by atoms with Crippen LogP contribution in [0.15, 0.2) is 30.3 Å².